The second kappa shape index (κ2) is 8.00. The fourth-order valence-corrected chi connectivity index (χ4v) is 2.25. The van der Waals surface area contributed by atoms with E-state index in [4.69, 9.17) is 5.73 Å². The predicted octanol–water partition coefficient (Wildman–Crippen LogP) is 2.59. The Morgan fingerprint density at radius 3 is 2.68 bits per heavy atom. The molecule has 0 saturated heterocycles. The van der Waals surface area contributed by atoms with E-state index in [0.717, 1.165) is 31.2 Å². The van der Waals surface area contributed by atoms with Crippen LogP contribution in [0.5, 0.6) is 0 Å². The molecular formula is C15H27N3O. The normalized spacial score (nSPS) is 14.1. The summed E-state index contributed by atoms with van der Waals surface area (Å²) in [4.78, 5) is 11.8. The molecule has 4 nitrogen and oxygen atoms in total. The standard InChI is InChI=1S/C15H27N3O/c1-4-6-12(3)17-15(19)11-18-9-8-13(10-18)14(16)7-5-2/h8-10,12,14H,4-7,11,16H2,1-3H3,(H,17,19). The quantitative estimate of drug-likeness (QED) is 0.759. The van der Waals surface area contributed by atoms with Gasteiger partial charge in [-0.1, -0.05) is 26.7 Å². The Morgan fingerprint density at radius 2 is 2.05 bits per heavy atom. The molecule has 3 N–H and O–H groups in total. The summed E-state index contributed by atoms with van der Waals surface area (Å²) in [6.45, 7) is 6.65. The zero-order chi connectivity index (χ0) is 14.3. The molecule has 1 aromatic heterocycles. The van der Waals surface area contributed by atoms with Crippen LogP contribution in [0.15, 0.2) is 18.5 Å². The van der Waals surface area contributed by atoms with Crippen molar-refractivity contribution in [2.24, 2.45) is 5.73 Å². The Balaban J connectivity index is 2.47. The number of hydrogen-bond donors (Lipinski definition) is 2. The molecule has 4 heteroatoms. The highest BCUT2D eigenvalue weighted by atomic mass is 16.2. The maximum Gasteiger partial charge on any atom is 0.240 e. The third-order valence-electron chi connectivity index (χ3n) is 3.26. The number of carbonyl (C=O) groups is 1. The third kappa shape index (κ3) is 5.47. The van der Waals surface area contributed by atoms with Gasteiger partial charge in [-0.3, -0.25) is 4.79 Å². The summed E-state index contributed by atoms with van der Waals surface area (Å²) in [7, 11) is 0. The summed E-state index contributed by atoms with van der Waals surface area (Å²) < 4.78 is 1.90. The van der Waals surface area contributed by atoms with Crippen LogP contribution in [0.4, 0.5) is 0 Å². The fourth-order valence-electron chi connectivity index (χ4n) is 2.25. The molecule has 108 valence electrons. The molecule has 19 heavy (non-hydrogen) atoms. The Kier molecular flexibility index (Phi) is 6.64. The number of nitrogens with one attached hydrogen (secondary N) is 1. The number of nitrogens with two attached hydrogens (primary N) is 1. The van der Waals surface area contributed by atoms with Gasteiger partial charge in [0.1, 0.15) is 6.54 Å². The van der Waals surface area contributed by atoms with E-state index >= 15 is 0 Å². The largest absolute Gasteiger partial charge is 0.352 e. The van der Waals surface area contributed by atoms with Gasteiger partial charge >= 0.3 is 0 Å². The summed E-state index contributed by atoms with van der Waals surface area (Å²) >= 11 is 0. The minimum Gasteiger partial charge on any atom is -0.352 e. The van der Waals surface area contributed by atoms with Gasteiger partial charge in [0, 0.05) is 24.5 Å². The van der Waals surface area contributed by atoms with Gasteiger partial charge in [0.15, 0.2) is 0 Å². The van der Waals surface area contributed by atoms with Gasteiger partial charge in [-0.05, 0) is 31.4 Å². The lowest BCUT2D eigenvalue weighted by atomic mass is 10.1. The molecule has 0 aliphatic carbocycles. The monoisotopic (exact) mass is 265 g/mol. The number of nitrogens with zero attached hydrogens (tertiary/aromatic N) is 1. The zero-order valence-electron chi connectivity index (χ0n) is 12.4. The molecule has 1 amide bonds. The highest BCUT2D eigenvalue weighted by molar-refractivity contribution is 5.76. The van der Waals surface area contributed by atoms with E-state index < -0.39 is 0 Å². The molecule has 0 fully saturated rings. The molecule has 0 spiro atoms. The van der Waals surface area contributed by atoms with Crippen molar-refractivity contribution in [1.82, 2.24) is 9.88 Å². The van der Waals surface area contributed by atoms with Crippen molar-refractivity contribution >= 4 is 5.91 Å². The van der Waals surface area contributed by atoms with Gasteiger partial charge in [0.05, 0.1) is 0 Å². The second-order valence-electron chi connectivity index (χ2n) is 5.27. The van der Waals surface area contributed by atoms with E-state index in [9.17, 15) is 4.79 Å². The van der Waals surface area contributed by atoms with Crippen LogP contribution in [0.3, 0.4) is 0 Å². The third-order valence-corrected chi connectivity index (χ3v) is 3.26. The van der Waals surface area contributed by atoms with Gasteiger partial charge in [-0.25, -0.2) is 0 Å². The molecule has 0 aliphatic heterocycles. The van der Waals surface area contributed by atoms with E-state index in [1.807, 2.05) is 30.0 Å². The van der Waals surface area contributed by atoms with Crippen LogP contribution in [0, 0.1) is 0 Å². The highest BCUT2D eigenvalue weighted by Crippen LogP contribution is 2.15. The molecular weight excluding hydrogens is 238 g/mol. The van der Waals surface area contributed by atoms with Crippen LogP contribution in [-0.2, 0) is 11.3 Å². The Labute approximate surface area is 116 Å². The van der Waals surface area contributed by atoms with E-state index in [1.54, 1.807) is 0 Å². The smallest absolute Gasteiger partial charge is 0.240 e. The fraction of sp³-hybridized carbons (Fsp3) is 0.667. The van der Waals surface area contributed by atoms with Crippen molar-refractivity contribution in [3.8, 4) is 0 Å². The summed E-state index contributed by atoms with van der Waals surface area (Å²) in [6, 6.07) is 2.33. The van der Waals surface area contributed by atoms with Crippen LogP contribution < -0.4 is 11.1 Å². The molecule has 1 rings (SSSR count). The molecule has 1 heterocycles. The lowest BCUT2D eigenvalue weighted by Gasteiger charge is -2.13. The maximum absolute atomic E-state index is 11.8. The molecule has 2 atom stereocenters. The summed E-state index contributed by atoms with van der Waals surface area (Å²) in [6.07, 6.45) is 8.05. The predicted molar refractivity (Wildman–Crippen MR) is 78.8 cm³/mol. The van der Waals surface area contributed by atoms with Crippen LogP contribution in [0.2, 0.25) is 0 Å². The van der Waals surface area contributed by atoms with Crippen molar-refractivity contribution in [2.75, 3.05) is 0 Å². The van der Waals surface area contributed by atoms with Gasteiger partial charge in [0.25, 0.3) is 0 Å². The Morgan fingerprint density at radius 1 is 1.37 bits per heavy atom. The van der Waals surface area contributed by atoms with Crippen molar-refractivity contribution in [2.45, 2.75) is 65.1 Å². The molecule has 0 saturated carbocycles. The van der Waals surface area contributed by atoms with Crippen LogP contribution >= 0.6 is 0 Å². The van der Waals surface area contributed by atoms with Crippen LogP contribution in [0.25, 0.3) is 0 Å². The van der Waals surface area contributed by atoms with Crippen LogP contribution in [-0.4, -0.2) is 16.5 Å². The molecule has 0 radical (unpaired) electrons. The summed E-state index contributed by atoms with van der Waals surface area (Å²) in [5.41, 5.74) is 7.16. The van der Waals surface area contributed by atoms with Crippen molar-refractivity contribution in [3.05, 3.63) is 24.0 Å². The summed E-state index contributed by atoms with van der Waals surface area (Å²) in [5.74, 6) is 0.0622. The first kappa shape index (κ1) is 15.8. The summed E-state index contributed by atoms with van der Waals surface area (Å²) in [5, 5.41) is 3.00. The first-order valence-electron chi connectivity index (χ1n) is 7.27. The van der Waals surface area contributed by atoms with E-state index in [1.165, 1.54) is 0 Å². The average molecular weight is 265 g/mol. The highest BCUT2D eigenvalue weighted by Gasteiger charge is 2.10. The van der Waals surface area contributed by atoms with E-state index in [-0.39, 0.29) is 18.0 Å². The van der Waals surface area contributed by atoms with Gasteiger partial charge in [-0.2, -0.15) is 0 Å². The minimum atomic E-state index is 0.0622. The number of rotatable bonds is 8. The van der Waals surface area contributed by atoms with Gasteiger partial charge in [-0.15, -0.1) is 0 Å². The molecule has 0 bridgehead atoms. The lowest BCUT2D eigenvalue weighted by Crippen LogP contribution is -2.34. The minimum absolute atomic E-state index is 0.0622. The van der Waals surface area contributed by atoms with E-state index in [0.29, 0.717) is 6.54 Å². The first-order valence-corrected chi connectivity index (χ1v) is 7.27. The van der Waals surface area contributed by atoms with Crippen molar-refractivity contribution < 1.29 is 4.79 Å². The molecule has 1 aromatic rings. The number of aromatic nitrogens is 1. The Bertz CT molecular complexity index is 386. The van der Waals surface area contributed by atoms with E-state index in [2.05, 4.69) is 19.2 Å². The number of hydrogen-bond acceptors (Lipinski definition) is 2. The van der Waals surface area contributed by atoms with Gasteiger partial charge < -0.3 is 15.6 Å². The zero-order valence-corrected chi connectivity index (χ0v) is 12.4. The molecule has 0 aliphatic rings. The Hall–Kier alpha value is -1.29. The van der Waals surface area contributed by atoms with Crippen LogP contribution in [0.1, 0.15) is 58.1 Å². The molecule has 0 aromatic carbocycles. The van der Waals surface area contributed by atoms with Crippen molar-refractivity contribution in [1.29, 1.82) is 0 Å². The maximum atomic E-state index is 11.8. The topological polar surface area (TPSA) is 60.0 Å². The lowest BCUT2D eigenvalue weighted by molar-refractivity contribution is -0.122. The first-order chi connectivity index (χ1) is 9.06. The number of carbonyl (C=O) groups excluding carboxylic acids is 1. The SMILES string of the molecule is CCCC(C)NC(=O)Cn1ccc(C(N)CCC)c1. The van der Waals surface area contributed by atoms with Gasteiger partial charge in [0.2, 0.25) is 5.91 Å². The average Bonchev–Trinajstić information content (AvgIpc) is 2.77. The van der Waals surface area contributed by atoms with Crippen molar-refractivity contribution in [3.63, 3.8) is 0 Å². The second-order valence-corrected chi connectivity index (χ2v) is 5.27. The molecule has 2 unspecified atom stereocenters. The number of amides is 1.